The first-order valence-electron chi connectivity index (χ1n) is 4.73. The predicted octanol–water partition coefficient (Wildman–Crippen LogP) is 2.44. The number of rotatable bonds is 4. The fourth-order valence-electron chi connectivity index (χ4n) is 1.39. The van der Waals surface area contributed by atoms with Gasteiger partial charge in [-0.1, -0.05) is 33.6 Å². The molecule has 0 rings (SSSR count). The molecule has 0 saturated heterocycles. The molecule has 1 N–H and O–H groups in total. The second-order valence-electron chi connectivity index (χ2n) is 3.59. The molecule has 70 valence electrons. The molecule has 0 amide bonds. The molecule has 12 heavy (non-hydrogen) atoms. The van der Waals surface area contributed by atoms with Gasteiger partial charge in [-0.15, -0.1) is 6.42 Å². The minimum Gasteiger partial charge on any atom is -0.377 e. The van der Waals surface area contributed by atoms with Crippen LogP contribution in [0.2, 0.25) is 0 Å². The van der Waals surface area contributed by atoms with Crippen LogP contribution in [0.25, 0.3) is 0 Å². The van der Waals surface area contributed by atoms with E-state index in [0.29, 0.717) is 0 Å². The van der Waals surface area contributed by atoms with Crippen LogP contribution in [-0.2, 0) is 0 Å². The van der Waals surface area contributed by atoms with Gasteiger partial charge >= 0.3 is 0 Å². The molecule has 2 unspecified atom stereocenters. The summed E-state index contributed by atoms with van der Waals surface area (Å²) in [7, 11) is 0. The Kier molecular flexibility index (Phi) is 4.34. The molecule has 0 aromatic heterocycles. The SMILES string of the molecule is C#CC(O)(C(C)CC)C(C)CC. The van der Waals surface area contributed by atoms with E-state index in [1.54, 1.807) is 0 Å². The van der Waals surface area contributed by atoms with Crippen molar-refractivity contribution in [2.45, 2.75) is 46.1 Å². The third-order valence-electron chi connectivity index (χ3n) is 2.96. The van der Waals surface area contributed by atoms with E-state index in [1.165, 1.54) is 0 Å². The molecule has 0 aliphatic rings. The molecule has 2 atom stereocenters. The summed E-state index contributed by atoms with van der Waals surface area (Å²) in [6, 6.07) is 0. The Bertz CT molecular complexity index is 156. The lowest BCUT2D eigenvalue weighted by Gasteiger charge is -2.33. The summed E-state index contributed by atoms with van der Waals surface area (Å²) in [5.41, 5.74) is -0.913. The lowest BCUT2D eigenvalue weighted by atomic mass is 9.77. The van der Waals surface area contributed by atoms with Crippen LogP contribution in [0.3, 0.4) is 0 Å². The highest BCUT2D eigenvalue weighted by Crippen LogP contribution is 2.29. The molecule has 0 spiro atoms. The fraction of sp³-hybridized carbons (Fsp3) is 0.818. The normalized spacial score (nSPS) is 20.7. The van der Waals surface area contributed by atoms with Crippen LogP contribution < -0.4 is 0 Å². The van der Waals surface area contributed by atoms with E-state index in [2.05, 4.69) is 19.8 Å². The zero-order chi connectivity index (χ0) is 9.78. The Morgan fingerprint density at radius 2 is 1.58 bits per heavy atom. The highest BCUT2D eigenvalue weighted by Gasteiger charge is 2.35. The number of hydrogen-bond donors (Lipinski definition) is 1. The van der Waals surface area contributed by atoms with E-state index in [1.807, 2.05) is 13.8 Å². The smallest absolute Gasteiger partial charge is 0.130 e. The van der Waals surface area contributed by atoms with E-state index >= 15 is 0 Å². The number of hydrogen-bond acceptors (Lipinski definition) is 1. The van der Waals surface area contributed by atoms with Crippen molar-refractivity contribution >= 4 is 0 Å². The summed E-state index contributed by atoms with van der Waals surface area (Å²) in [4.78, 5) is 0. The Hall–Kier alpha value is -0.480. The van der Waals surface area contributed by atoms with Gasteiger partial charge < -0.3 is 5.11 Å². The largest absolute Gasteiger partial charge is 0.377 e. The van der Waals surface area contributed by atoms with Crippen molar-refractivity contribution in [1.29, 1.82) is 0 Å². The molecule has 1 heteroatoms. The van der Waals surface area contributed by atoms with Crippen molar-refractivity contribution in [3.63, 3.8) is 0 Å². The summed E-state index contributed by atoms with van der Waals surface area (Å²) in [5.74, 6) is 2.89. The van der Waals surface area contributed by atoms with Crippen molar-refractivity contribution in [2.75, 3.05) is 0 Å². The first-order chi connectivity index (χ1) is 5.52. The molecule has 0 aromatic rings. The van der Waals surface area contributed by atoms with Crippen LogP contribution in [0.4, 0.5) is 0 Å². The third kappa shape index (κ3) is 2.01. The zero-order valence-corrected chi connectivity index (χ0v) is 8.59. The van der Waals surface area contributed by atoms with E-state index in [0.717, 1.165) is 12.8 Å². The van der Waals surface area contributed by atoms with E-state index in [9.17, 15) is 5.11 Å². The summed E-state index contributed by atoms with van der Waals surface area (Å²) in [5, 5.41) is 10.1. The first kappa shape index (κ1) is 11.5. The third-order valence-corrected chi connectivity index (χ3v) is 2.96. The lowest BCUT2D eigenvalue weighted by molar-refractivity contribution is -0.00689. The Labute approximate surface area is 76.2 Å². The average molecular weight is 168 g/mol. The minimum atomic E-state index is -0.913. The monoisotopic (exact) mass is 168 g/mol. The molecule has 0 bridgehead atoms. The van der Waals surface area contributed by atoms with E-state index < -0.39 is 5.60 Å². The van der Waals surface area contributed by atoms with Gasteiger partial charge in [-0.2, -0.15) is 0 Å². The highest BCUT2D eigenvalue weighted by molar-refractivity contribution is 5.11. The quantitative estimate of drug-likeness (QED) is 0.639. The molecule has 0 aliphatic heterocycles. The molecular formula is C11H20O. The second kappa shape index (κ2) is 4.52. The molecule has 0 aliphatic carbocycles. The van der Waals surface area contributed by atoms with Gasteiger partial charge in [0.1, 0.15) is 5.60 Å². The van der Waals surface area contributed by atoms with Gasteiger partial charge in [0.25, 0.3) is 0 Å². The van der Waals surface area contributed by atoms with Gasteiger partial charge in [0, 0.05) is 0 Å². The van der Waals surface area contributed by atoms with Gasteiger partial charge in [-0.05, 0) is 24.7 Å². The van der Waals surface area contributed by atoms with E-state index in [-0.39, 0.29) is 11.8 Å². The molecule has 0 aromatic carbocycles. The van der Waals surface area contributed by atoms with Gasteiger partial charge in [0.15, 0.2) is 0 Å². The molecule has 1 nitrogen and oxygen atoms in total. The van der Waals surface area contributed by atoms with Crippen LogP contribution in [0, 0.1) is 24.2 Å². The van der Waals surface area contributed by atoms with Crippen LogP contribution in [0.1, 0.15) is 40.5 Å². The van der Waals surface area contributed by atoms with Crippen molar-refractivity contribution in [1.82, 2.24) is 0 Å². The van der Waals surface area contributed by atoms with Crippen molar-refractivity contribution in [3.05, 3.63) is 0 Å². The molecule has 0 fully saturated rings. The second-order valence-corrected chi connectivity index (χ2v) is 3.59. The summed E-state index contributed by atoms with van der Waals surface area (Å²) in [6.07, 6.45) is 7.20. The average Bonchev–Trinajstić information content (AvgIpc) is 2.13. The van der Waals surface area contributed by atoms with E-state index in [4.69, 9.17) is 6.42 Å². The maximum Gasteiger partial charge on any atom is 0.130 e. The summed E-state index contributed by atoms with van der Waals surface area (Å²) < 4.78 is 0. The van der Waals surface area contributed by atoms with Crippen LogP contribution >= 0.6 is 0 Å². The fourth-order valence-corrected chi connectivity index (χ4v) is 1.39. The zero-order valence-electron chi connectivity index (χ0n) is 8.59. The van der Waals surface area contributed by atoms with Crippen molar-refractivity contribution in [2.24, 2.45) is 11.8 Å². The van der Waals surface area contributed by atoms with Crippen LogP contribution in [-0.4, -0.2) is 10.7 Å². The Morgan fingerprint density at radius 3 is 1.75 bits per heavy atom. The summed E-state index contributed by atoms with van der Waals surface area (Å²) >= 11 is 0. The Morgan fingerprint density at radius 1 is 1.25 bits per heavy atom. The summed E-state index contributed by atoms with van der Waals surface area (Å²) in [6.45, 7) is 8.11. The first-order valence-corrected chi connectivity index (χ1v) is 4.73. The minimum absolute atomic E-state index is 0.178. The van der Waals surface area contributed by atoms with Gasteiger partial charge in [-0.3, -0.25) is 0 Å². The molecular weight excluding hydrogens is 148 g/mol. The molecule has 0 saturated carbocycles. The van der Waals surface area contributed by atoms with Gasteiger partial charge in [0.05, 0.1) is 0 Å². The topological polar surface area (TPSA) is 20.2 Å². The van der Waals surface area contributed by atoms with Crippen molar-refractivity contribution in [3.8, 4) is 12.3 Å². The molecule has 0 heterocycles. The molecule has 0 radical (unpaired) electrons. The van der Waals surface area contributed by atoms with Crippen molar-refractivity contribution < 1.29 is 5.11 Å². The maximum atomic E-state index is 10.1. The van der Waals surface area contributed by atoms with Gasteiger partial charge in [-0.25, -0.2) is 0 Å². The predicted molar refractivity (Wildman–Crippen MR) is 52.7 cm³/mol. The maximum absolute atomic E-state index is 10.1. The highest BCUT2D eigenvalue weighted by atomic mass is 16.3. The number of aliphatic hydroxyl groups is 1. The van der Waals surface area contributed by atoms with Crippen LogP contribution in [0.15, 0.2) is 0 Å². The van der Waals surface area contributed by atoms with Crippen LogP contribution in [0.5, 0.6) is 0 Å². The lowest BCUT2D eigenvalue weighted by Crippen LogP contribution is -2.41. The Balaban J connectivity index is 4.57. The van der Waals surface area contributed by atoms with Gasteiger partial charge in [0.2, 0.25) is 0 Å². The standard InChI is InChI=1S/C11H20O/c1-6-9(4)11(12,8-3)10(5)7-2/h3,9-10,12H,6-7H2,1-2,4-5H3. The number of terminal acetylenes is 1.